The molecule has 2 unspecified atom stereocenters. The number of ether oxygens (including phenoxy) is 1. The van der Waals surface area contributed by atoms with Gasteiger partial charge in [0.25, 0.3) is 0 Å². The second kappa shape index (κ2) is 9.53. The topological polar surface area (TPSA) is 58.8 Å². The maximum Gasteiger partial charge on any atom is 0.239 e. The van der Waals surface area contributed by atoms with Crippen LogP contribution in [0.1, 0.15) is 20.3 Å². The number of hydrogen-bond acceptors (Lipinski definition) is 4. The highest BCUT2D eigenvalue weighted by Crippen LogP contribution is 2.08. The summed E-state index contributed by atoms with van der Waals surface area (Å²) in [5, 5.41) is 0. The third-order valence-corrected chi connectivity index (χ3v) is 3.77. The third kappa shape index (κ3) is 6.08. The van der Waals surface area contributed by atoms with Crippen molar-refractivity contribution in [3.05, 3.63) is 0 Å². The molecule has 2 N–H and O–H groups in total. The van der Waals surface area contributed by atoms with Gasteiger partial charge in [-0.25, -0.2) is 0 Å². The van der Waals surface area contributed by atoms with Gasteiger partial charge in [0.1, 0.15) is 0 Å². The Morgan fingerprint density at radius 3 is 2.53 bits per heavy atom. The van der Waals surface area contributed by atoms with Gasteiger partial charge in [-0.2, -0.15) is 0 Å². The van der Waals surface area contributed by atoms with Gasteiger partial charge in [-0.05, 0) is 5.92 Å². The van der Waals surface area contributed by atoms with Crippen LogP contribution in [-0.2, 0) is 9.53 Å². The molecule has 0 aliphatic carbocycles. The van der Waals surface area contributed by atoms with Crippen molar-refractivity contribution < 1.29 is 9.53 Å². The van der Waals surface area contributed by atoms with Crippen LogP contribution in [0.5, 0.6) is 0 Å². The number of carbonyl (C=O) groups is 1. The molecule has 1 aliphatic heterocycles. The van der Waals surface area contributed by atoms with E-state index in [0.29, 0.717) is 0 Å². The van der Waals surface area contributed by atoms with E-state index in [9.17, 15) is 4.79 Å². The second-order valence-electron chi connectivity index (χ2n) is 5.13. The summed E-state index contributed by atoms with van der Waals surface area (Å²) < 4.78 is 5.30. The van der Waals surface area contributed by atoms with E-state index >= 15 is 0 Å². The molecule has 114 valence electrons. The first kappa shape index (κ1) is 18.6. The fraction of sp³-hybridized carbons (Fsp3) is 0.923. The Morgan fingerprint density at radius 2 is 2.00 bits per heavy atom. The molecule has 0 radical (unpaired) electrons. The van der Waals surface area contributed by atoms with Crippen LogP contribution < -0.4 is 5.73 Å². The van der Waals surface area contributed by atoms with Gasteiger partial charge in [-0.3, -0.25) is 9.69 Å². The first-order chi connectivity index (χ1) is 8.56. The SMILES string of the molecule is CCC(C)C(N)C(=O)N(C)CCN1CCOCC1.Cl. The summed E-state index contributed by atoms with van der Waals surface area (Å²) in [6, 6.07) is -0.371. The highest BCUT2D eigenvalue weighted by Gasteiger charge is 2.23. The van der Waals surface area contributed by atoms with E-state index in [0.717, 1.165) is 45.8 Å². The van der Waals surface area contributed by atoms with Crippen LogP contribution >= 0.6 is 12.4 Å². The number of amides is 1. The van der Waals surface area contributed by atoms with Crippen molar-refractivity contribution >= 4 is 18.3 Å². The van der Waals surface area contributed by atoms with Crippen LogP contribution in [-0.4, -0.2) is 68.2 Å². The van der Waals surface area contributed by atoms with Gasteiger partial charge in [-0.15, -0.1) is 12.4 Å². The number of halogens is 1. The second-order valence-corrected chi connectivity index (χ2v) is 5.13. The number of carbonyl (C=O) groups excluding carboxylic acids is 1. The molecule has 1 saturated heterocycles. The van der Waals surface area contributed by atoms with Crippen LogP contribution in [0.15, 0.2) is 0 Å². The lowest BCUT2D eigenvalue weighted by Crippen LogP contribution is -2.48. The molecule has 0 aromatic carbocycles. The normalized spacial score (nSPS) is 19.4. The Labute approximate surface area is 122 Å². The van der Waals surface area contributed by atoms with Crippen molar-refractivity contribution in [2.45, 2.75) is 26.3 Å². The minimum Gasteiger partial charge on any atom is -0.379 e. The van der Waals surface area contributed by atoms with Crippen LogP contribution in [0.2, 0.25) is 0 Å². The molecule has 0 saturated carbocycles. The molecule has 1 amide bonds. The van der Waals surface area contributed by atoms with Gasteiger partial charge >= 0.3 is 0 Å². The molecule has 6 heteroatoms. The van der Waals surface area contributed by atoms with Crippen molar-refractivity contribution in [3.8, 4) is 0 Å². The molecule has 1 aliphatic rings. The summed E-state index contributed by atoms with van der Waals surface area (Å²) in [7, 11) is 1.84. The van der Waals surface area contributed by atoms with Crippen molar-refractivity contribution in [1.82, 2.24) is 9.80 Å². The van der Waals surface area contributed by atoms with E-state index in [1.807, 2.05) is 14.0 Å². The highest BCUT2D eigenvalue weighted by atomic mass is 35.5. The average molecular weight is 294 g/mol. The molecule has 0 aromatic heterocycles. The predicted octanol–water partition coefficient (Wildman–Crippen LogP) is 0.572. The lowest BCUT2D eigenvalue weighted by Gasteiger charge is -2.30. The largest absolute Gasteiger partial charge is 0.379 e. The average Bonchev–Trinajstić information content (AvgIpc) is 2.43. The van der Waals surface area contributed by atoms with Gasteiger partial charge in [0.2, 0.25) is 5.91 Å². The molecule has 0 spiro atoms. The minimum atomic E-state index is -0.371. The quantitative estimate of drug-likeness (QED) is 0.778. The molecule has 1 rings (SSSR count). The van der Waals surface area contributed by atoms with E-state index in [2.05, 4.69) is 11.8 Å². The zero-order valence-electron chi connectivity index (χ0n) is 12.3. The molecule has 1 fully saturated rings. The summed E-state index contributed by atoms with van der Waals surface area (Å²) in [5.41, 5.74) is 5.96. The van der Waals surface area contributed by atoms with E-state index in [4.69, 9.17) is 10.5 Å². The first-order valence-electron chi connectivity index (χ1n) is 6.87. The van der Waals surface area contributed by atoms with Crippen molar-refractivity contribution in [3.63, 3.8) is 0 Å². The maximum atomic E-state index is 12.1. The number of nitrogens with zero attached hydrogens (tertiary/aromatic N) is 2. The highest BCUT2D eigenvalue weighted by molar-refractivity contribution is 5.85. The Balaban J connectivity index is 0.00000324. The van der Waals surface area contributed by atoms with Gasteiger partial charge in [0.15, 0.2) is 0 Å². The van der Waals surface area contributed by atoms with Gasteiger partial charge in [0, 0.05) is 33.2 Å². The third-order valence-electron chi connectivity index (χ3n) is 3.77. The predicted molar refractivity (Wildman–Crippen MR) is 79.6 cm³/mol. The monoisotopic (exact) mass is 293 g/mol. The van der Waals surface area contributed by atoms with E-state index in [1.54, 1.807) is 4.90 Å². The molecular formula is C13H28ClN3O2. The fourth-order valence-electron chi connectivity index (χ4n) is 1.98. The molecule has 5 nitrogen and oxygen atoms in total. The number of morpholine rings is 1. The van der Waals surface area contributed by atoms with Crippen LogP contribution in [0.4, 0.5) is 0 Å². The number of nitrogens with two attached hydrogens (primary N) is 1. The number of hydrogen-bond donors (Lipinski definition) is 1. The van der Waals surface area contributed by atoms with Gasteiger partial charge in [-0.1, -0.05) is 20.3 Å². The van der Waals surface area contributed by atoms with Crippen molar-refractivity contribution in [1.29, 1.82) is 0 Å². The Hall–Kier alpha value is -0.360. The Bertz CT molecular complexity index is 260. The number of likely N-dealkylation sites (N-methyl/N-ethyl adjacent to an activating group) is 1. The maximum absolute atomic E-state index is 12.1. The minimum absolute atomic E-state index is 0. The standard InChI is InChI=1S/C13H27N3O2.ClH/c1-4-11(2)12(14)13(17)15(3)5-6-16-7-9-18-10-8-16;/h11-12H,4-10,14H2,1-3H3;1H. The summed E-state index contributed by atoms with van der Waals surface area (Å²) in [5.74, 6) is 0.293. The lowest BCUT2D eigenvalue weighted by molar-refractivity contribution is -0.132. The summed E-state index contributed by atoms with van der Waals surface area (Å²) >= 11 is 0. The van der Waals surface area contributed by atoms with Gasteiger partial charge in [0.05, 0.1) is 19.3 Å². The van der Waals surface area contributed by atoms with E-state index < -0.39 is 0 Å². The summed E-state index contributed by atoms with van der Waals surface area (Å²) in [6.45, 7) is 9.23. The fourth-order valence-corrected chi connectivity index (χ4v) is 1.98. The molecule has 0 aromatic rings. The number of rotatable bonds is 6. The first-order valence-corrected chi connectivity index (χ1v) is 6.87. The summed E-state index contributed by atoms with van der Waals surface area (Å²) in [6.07, 6.45) is 0.935. The molecule has 19 heavy (non-hydrogen) atoms. The smallest absolute Gasteiger partial charge is 0.239 e. The molecule has 0 bridgehead atoms. The lowest BCUT2D eigenvalue weighted by atomic mass is 9.99. The zero-order valence-corrected chi connectivity index (χ0v) is 13.1. The van der Waals surface area contributed by atoms with Crippen LogP contribution in [0.25, 0.3) is 0 Å². The molecular weight excluding hydrogens is 266 g/mol. The summed E-state index contributed by atoms with van der Waals surface area (Å²) in [4.78, 5) is 16.2. The Kier molecular flexibility index (Phi) is 9.35. The van der Waals surface area contributed by atoms with E-state index in [1.165, 1.54) is 0 Å². The molecule has 1 heterocycles. The van der Waals surface area contributed by atoms with Crippen molar-refractivity contribution in [2.24, 2.45) is 11.7 Å². The molecule has 2 atom stereocenters. The zero-order chi connectivity index (χ0) is 13.5. The van der Waals surface area contributed by atoms with Gasteiger partial charge < -0.3 is 15.4 Å². The van der Waals surface area contributed by atoms with Crippen molar-refractivity contribution in [2.75, 3.05) is 46.4 Å². The Morgan fingerprint density at radius 1 is 1.42 bits per heavy atom. The van der Waals surface area contributed by atoms with Crippen LogP contribution in [0.3, 0.4) is 0 Å². The van der Waals surface area contributed by atoms with Crippen LogP contribution in [0, 0.1) is 5.92 Å². The van der Waals surface area contributed by atoms with E-state index in [-0.39, 0.29) is 30.3 Å².